The van der Waals surface area contributed by atoms with E-state index in [4.69, 9.17) is 26.8 Å². The molecule has 0 fully saturated rings. The van der Waals surface area contributed by atoms with Crippen LogP contribution < -0.4 is 25.8 Å². The van der Waals surface area contributed by atoms with Crippen molar-refractivity contribution < 1.29 is 23.5 Å². The van der Waals surface area contributed by atoms with Crippen LogP contribution in [-0.4, -0.2) is 37.3 Å². The molecule has 2 aromatic carbocycles. The van der Waals surface area contributed by atoms with E-state index in [1.54, 1.807) is 36.5 Å². The highest BCUT2D eigenvalue weighted by atomic mass is 35.5. The molecular formula is C20H18ClFN4O4. The molecule has 10 heteroatoms. The summed E-state index contributed by atoms with van der Waals surface area (Å²) in [5.41, 5.74) is 6.51. The quantitative estimate of drug-likeness (QED) is 0.524. The van der Waals surface area contributed by atoms with Crippen LogP contribution in [0.15, 0.2) is 42.6 Å². The molecule has 0 bridgehead atoms. The maximum absolute atomic E-state index is 12.1. The summed E-state index contributed by atoms with van der Waals surface area (Å²) in [5, 5.41) is 5.63. The number of amides is 3. The third kappa shape index (κ3) is 4.69. The number of aromatic nitrogens is 1. The molecule has 8 nitrogen and oxygen atoms in total. The van der Waals surface area contributed by atoms with Crippen LogP contribution in [-0.2, 0) is 0 Å². The van der Waals surface area contributed by atoms with Gasteiger partial charge in [-0.3, -0.25) is 9.78 Å². The number of anilines is 1. The smallest absolute Gasteiger partial charge is 0.319 e. The number of hydrogen-bond donors (Lipinski definition) is 3. The first kappa shape index (κ1) is 21.1. The number of rotatable bonds is 7. The Bertz CT molecular complexity index is 1110. The number of fused-ring (bicyclic) bond motifs is 1. The molecular weight excluding hydrogens is 415 g/mol. The van der Waals surface area contributed by atoms with Crippen LogP contribution in [0.2, 0.25) is 5.02 Å². The number of urea groups is 1. The molecule has 0 atom stereocenters. The van der Waals surface area contributed by atoms with E-state index in [9.17, 15) is 14.0 Å². The normalized spacial score (nSPS) is 10.5. The van der Waals surface area contributed by atoms with Crippen LogP contribution in [0.4, 0.5) is 14.9 Å². The second kappa shape index (κ2) is 9.27. The Morgan fingerprint density at radius 1 is 1.20 bits per heavy atom. The molecule has 0 saturated carbocycles. The monoisotopic (exact) mass is 432 g/mol. The third-order valence-corrected chi connectivity index (χ3v) is 4.40. The molecule has 156 valence electrons. The van der Waals surface area contributed by atoms with Gasteiger partial charge in [0.25, 0.3) is 5.91 Å². The zero-order valence-corrected chi connectivity index (χ0v) is 16.6. The molecule has 30 heavy (non-hydrogen) atoms. The Labute approximate surface area is 176 Å². The number of nitrogens with two attached hydrogens (primary N) is 1. The highest BCUT2D eigenvalue weighted by Crippen LogP contribution is 2.35. The number of benzene rings is 2. The maximum atomic E-state index is 12.1. The third-order valence-electron chi connectivity index (χ3n) is 4.08. The van der Waals surface area contributed by atoms with Gasteiger partial charge in [0, 0.05) is 30.3 Å². The molecule has 4 N–H and O–H groups in total. The van der Waals surface area contributed by atoms with Crippen molar-refractivity contribution in [2.45, 2.75) is 0 Å². The van der Waals surface area contributed by atoms with Gasteiger partial charge in [-0.05, 0) is 24.3 Å². The number of pyridine rings is 1. The minimum atomic E-state index is -0.669. The lowest BCUT2D eigenvalue weighted by Gasteiger charge is -2.13. The van der Waals surface area contributed by atoms with Gasteiger partial charge in [-0.15, -0.1) is 0 Å². The predicted molar refractivity (Wildman–Crippen MR) is 111 cm³/mol. The minimum Gasteiger partial charge on any atom is -0.496 e. The molecule has 3 rings (SSSR count). The molecule has 0 radical (unpaired) electrons. The van der Waals surface area contributed by atoms with Crippen molar-refractivity contribution in [3.8, 4) is 17.2 Å². The fraction of sp³-hybridized carbons (Fsp3) is 0.150. The number of hydrogen-bond acceptors (Lipinski definition) is 5. The van der Waals surface area contributed by atoms with Gasteiger partial charge in [0.1, 0.15) is 23.9 Å². The highest BCUT2D eigenvalue weighted by Gasteiger charge is 2.15. The van der Waals surface area contributed by atoms with Crippen molar-refractivity contribution in [3.05, 3.63) is 53.2 Å². The first-order chi connectivity index (χ1) is 14.4. The van der Waals surface area contributed by atoms with Crippen LogP contribution in [0.25, 0.3) is 10.9 Å². The Balaban J connectivity index is 1.89. The number of carbonyl (C=O) groups is 2. The zero-order valence-electron chi connectivity index (χ0n) is 15.9. The molecule has 0 aliphatic heterocycles. The van der Waals surface area contributed by atoms with Gasteiger partial charge in [0.15, 0.2) is 0 Å². The molecule has 3 aromatic rings. The highest BCUT2D eigenvalue weighted by molar-refractivity contribution is 6.33. The van der Waals surface area contributed by atoms with Gasteiger partial charge in [0.2, 0.25) is 0 Å². The number of nitrogens with zero attached hydrogens (tertiary/aromatic N) is 1. The second-order valence-electron chi connectivity index (χ2n) is 6.06. The lowest BCUT2D eigenvalue weighted by atomic mass is 10.1. The van der Waals surface area contributed by atoms with E-state index in [0.717, 1.165) is 0 Å². The van der Waals surface area contributed by atoms with Crippen molar-refractivity contribution in [1.29, 1.82) is 0 Å². The van der Waals surface area contributed by atoms with Crippen LogP contribution in [0, 0.1) is 0 Å². The number of ether oxygens (including phenoxy) is 2. The molecule has 0 aliphatic carbocycles. The van der Waals surface area contributed by atoms with Gasteiger partial charge in [-0.2, -0.15) is 0 Å². The van der Waals surface area contributed by atoms with Gasteiger partial charge in [-0.25, -0.2) is 9.18 Å². The summed E-state index contributed by atoms with van der Waals surface area (Å²) in [6.45, 7) is -0.769. The van der Waals surface area contributed by atoms with Crippen LogP contribution in [0.3, 0.4) is 0 Å². The maximum Gasteiger partial charge on any atom is 0.319 e. The van der Waals surface area contributed by atoms with Gasteiger partial charge in [-0.1, -0.05) is 11.6 Å². The summed E-state index contributed by atoms with van der Waals surface area (Å²) in [6.07, 6.45) is 1.55. The van der Waals surface area contributed by atoms with E-state index >= 15 is 0 Å². The molecule has 0 saturated heterocycles. The first-order valence-corrected chi connectivity index (χ1v) is 9.15. The van der Waals surface area contributed by atoms with Gasteiger partial charge in [0.05, 0.1) is 28.9 Å². The van der Waals surface area contributed by atoms with Gasteiger partial charge < -0.3 is 25.8 Å². The minimum absolute atomic E-state index is 0.0994. The standard InChI is InChI=1S/C20H18ClFN4O4/c1-29-18-10-16-12(9-13(18)19(23)27)17(4-6-24-16)30-11-2-3-15(14(21)8-11)26-20(28)25-7-5-22/h2-4,6,8-10H,5,7H2,1H3,(H2,23,27)(H2,25,26,28). The number of halogens is 2. The molecule has 0 unspecified atom stereocenters. The largest absolute Gasteiger partial charge is 0.496 e. The fourth-order valence-corrected chi connectivity index (χ4v) is 2.93. The molecule has 3 amide bonds. The molecule has 0 spiro atoms. The van der Waals surface area contributed by atoms with Crippen molar-refractivity contribution >= 4 is 40.1 Å². The Morgan fingerprint density at radius 2 is 2.00 bits per heavy atom. The summed E-state index contributed by atoms with van der Waals surface area (Å²) < 4.78 is 23.2. The summed E-state index contributed by atoms with van der Waals surface area (Å²) in [6, 6.07) is 8.86. The Kier molecular flexibility index (Phi) is 6.53. The van der Waals surface area contributed by atoms with Crippen molar-refractivity contribution in [2.24, 2.45) is 5.73 Å². The van der Waals surface area contributed by atoms with E-state index in [1.807, 2.05) is 0 Å². The van der Waals surface area contributed by atoms with E-state index in [2.05, 4.69) is 15.6 Å². The van der Waals surface area contributed by atoms with Crippen molar-refractivity contribution in [3.63, 3.8) is 0 Å². The topological polar surface area (TPSA) is 116 Å². The average molecular weight is 433 g/mol. The number of primary amides is 1. The number of carbonyl (C=O) groups excluding carboxylic acids is 2. The fourth-order valence-electron chi connectivity index (χ4n) is 2.71. The van der Waals surface area contributed by atoms with Gasteiger partial charge >= 0.3 is 6.03 Å². The summed E-state index contributed by atoms with van der Waals surface area (Å²) in [5.74, 6) is 0.471. The van der Waals surface area contributed by atoms with Crippen molar-refractivity contribution in [2.75, 3.05) is 25.6 Å². The Hall–Kier alpha value is -3.59. The predicted octanol–water partition coefficient (Wildman–Crippen LogP) is 3.88. The van der Waals surface area contributed by atoms with Crippen LogP contribution >= 0.6 is 11.6 Å². The van der Waals surface area contributed by atoms with E-state index in [-0.39, 0.29) is 17.1 Å². The van der Waals surface area contributed by atoms with E-state index < -0.39 is 18.6 Å². The Morgan fingerprint density at radius 3 is 2.67 bits per heavy atom. The summed E-state index contributed by atoms with van der Waals surface area (Å²) >= 11 is 6.21. The van der Waals surface area contributed by atoms with Crippen molar-refractivity contribution in [1.82, 2.24) is 10.3 Å². The lowest BCUT2D eigenvalue weighted by molar-refractivity contribution is 0.0997. The second-order valence-corrected chi connectivity index (χ2v) is 6.46. The molecule has 1 heterocycles. The SMILES string of the molecule is COc1cc2nccc(Oc3ccc(NC(=O)NCCF)c(Cl)c3)c2cc1C(N)=O. The molecule has 0 aliphatic rings. The number of nitrogens with one attached hydrogen (secondary N) is 2. The molecule has 1 aromatic heterocycles. The lowest BCUT2D eigenvalue weighted by Crippen LogP contribution is -2.30. The van der Waals surface area contributed by atoms with E-state index in [0.29, 0.717) is 33.8 Å². The van der Waals surface area contributed by atoms with Crippen LogP contribution in [0.1, 0.15) is 10.4 Å². The first-order valence-electron chi connectivity index (χ1n) is 8.77. The van der Waals surface area contributed by atoms with E-state index in [1.165, 1.54) is 13.2 Å². The zero-order chi connectivity index (χ0) is 21.7. The summed E-state index contributed by atoms with van der Waals surface area (Å²) in [7, 11) is 1.43. The average Bonchev–Trinajstić information content (AvgIpc) is 2.73. The number of methoxy groups -OCH3 is 1. The van der Waals surface area contributed by atoms with Crippen LogP contribution in [0.5, 0.6) is 17.2 Å². The summed E-state index contributed by atoms with van der Waals surface area (Å²) in [4.78, 5) is 27.6. The number of alkyl halides is 1.